The molecule has 2 rings (SSSR count). The number of halogens is 4. The number of alkyl halides is 3. The molecule has 1 heterocycles. The first kappa shape index (κ1) is 19.8. The summed E-state index contributed by atoms with van der Waals surface area (Å²) in [6.45, 7) is 5.76. The summed E-state index contributed by atoms with van der Waals surface area (Å²) in [5, 5.41) is -0.135. The van der Waals surface area contributed by atoms with Gasteiger partial charge in [0.1, 0.15) is 5.60 Å². The first-order valence-corrected chi connectivity index (χ1v) is 8.56. The molecular weight excluding hydrogens is 379 g/mol. The summed E-state index contributed by atoms with van der Waals surface area (Å²) in [6, 6.07) is 2.89. The molecule has 0 saturated carbocycles. The molecule has 0 radical (unpaired) electrons. The molecular formula is C16H17ClF3NO3S. The van der Waals surface area contributed by atoms with Gasteiger partial charge in [0.15, 0.2) is 0 Å². The van der Waals surface area contributed by atoms with Crippen molar-refractivity contribution in [1.29, 1.82) is 0 Å². The van der Waals surface area contributed by atoms with Gasteiger partial charge in [-0.2, -0.15) is 13.2 Å². The maximum absolute atomic E-state index is 12.7. The Morgan fingerprint density at radius 3 is 2.32 bits per heavy atom. The van der Waals surface area contributed by atoms with Gasteiger partial charge in [0.25, 0.3) is 0 Å². The van der Waals surface area contributed by atoms with Crippen molar-refractivity contribution >= 4 is 33.8 Å². The molecule has 1 saturated heterocycles. The van der Waals surface area contributed by atoms with Crippen molar-refractivity contribution in [1.82, 2.24) is 4.90 Å². The summed E-state index contributed by atoms with van der Waals surface area (Å²) in [5.41, 5.74) is -1.23. The Kier molecular flexibility index (Phi) is 5.53. The molecule has 0 spiro atoms. The predicted octanol–water partition coefficient (Wildman–Crippen LogP) is 3.96. The number of carbonyl (C=O) groups excluding carboxylic acids is 1. The molecule has 25 heavy (non-hydrogen) atoms. The Hall–Kier alpha value is -1.54. The Balaban J connectivity index is 2.11. The van der Waals surface area contributed by atoms with E-state index in [1.807, 2.05) is 0 Å². The minimum absolute atomic E-state index is 0.135. The molecule has 1 aliphatic rings. The van der Waals surface area contributed by atoms with E-state index in [4.69, 9.17) is 16.3 Å². The van der Waals surface area contributed by atoms with Crippen LogP contribution in [0.25, 0.3) is 0 Å². The molecule has 0 aromatic heterocycles. The topological polar surface area (TPSA) is 46.6 Å². The molecule has 1 aliphatic heterocycles. The fourth-order valence-corrected chi connectivity index (χ4v) is 3.24. The van der Waals surface area contributed by atoms with Gasteiger partial charge in [-0.15, -0.1) is 0 Å². The van der Waals surface area contributed by atoms with Crippen LogP contribution in [0, 0.1) is 5.92 Å². The van der Waals surface area contributed by atoms with Crippen LogP contribution in [0.2, 0.25) is 5.02 Å². The fourth-order valence-electron chi connectivity index (χ4n) is 2.34. The maximum atomic E-state index is 12.7. The lowest BCUT2D eigenvalue weighted by atomic mass is 9.91. The molecule has 0 N–H and O–H groups in total. The van der Waals surface area contributed by atoms with Crippen LogP contribution in [0.15, 0.2) is 18.2 Å². The number of rotatable bonds is 2. The average Bonchev–Trinajstić information content (AvgIpc) is 2.39. The number of ether oxygens (including phenoxy) is 1. The highest BCUT2D eigenvalue weighted by atomic mass is 35.5. The van der Waals surface area contributed by atoms with Crippen LogP contribution in [-0.2, 0) is 22.2 Å². The second-order valence-corrected chi connectivity index (χ2v) is 7.74. The van der Waals surface area contributed by atoms with Gasteiger partial charge in [0.2, 0.25) is 0 Å². The highest BCUT2D eigenvalue weighted by Gasteiger charge is 2.38. The van der Waals surface area contributed by atoms with Gasteiger partial charge in [0, 0.05) is 29.6 Å². The number of carbonyl (C=O) groups is 1. The Morgan fingerprint density at radius 1 is 1.28 bits per heavy atom. The van der Waals surface area contributed by atoms with Crippen LogP contribution in [0.3, 0.4) is 0 Å². The van der Waals surface area contributed by atoms with Crippen LogP contribution in [-0.4, -0.2) is 38.8 Å². The summed E-state index contributed by atoms with van der Waals surface area (Å²) in [4.78, 5) is 13.7. The SMILES string of the molecule is CC(C)(C)OC(=O)N1CC(C(=S=O)c2ccc(C(F)(F)F)cc2Cl)C1. The Morgan fingerprint density at radius 2 is 1.88 bits per heavy atom. The average molecular weight is 396 g/mol. The minimum Gasteiger partial charge on any atom is -0.444 e. The zero-order valence-electron chi connectivity index (χ0n) is 13.8. The van der Waals surface area contributed by atoms with Crippen LogP contribution in [0.5, 0.6) is 0 Å². The van der Waals surface area contributed by atoms with Crippen LogP contribution >= 0.6 is 11.6 Å². The van der Waals surface area contributed by atoms with Crippen molar-refractivity contribution in [3.8, 4) is 0 Å². The van der Waals surface area contributed by atoms with Gasteiger partial charge in [-0.3, -0.25) is 0 Å². The largest absolute Gasteiger partial charge is 0.444 e. The summed E-state index contributed by atoms with van der Waals surface area (Å²) in [6.07, 6.45) is -4.99. The predicted molar refractivity (Wildman–Crippen MR) is 90.0 cm³/mol. The maximum Gasteiger partial charge on any atom is 0.416 e. The zero-order chi connectivity index (χ0) is 19.0. The third-order valence-corrected chi connectivity index (χ3v) is 4.60. The van der Waals surface area contributed by atoms with Crippen LogP contribution in [0.4, 0.5) is 18.0 Å². The van der Waals surface area contributed by atoms with Crippen LogP contribution < -0.4 is 0 Å². The smallest absolute Gasteiger partial charge is 0.416 e. The highest BCUT2D eigenvalue weighted by molar-refractivity contribution is 7.67. The first-order valence-electron chi connectivity index (χ1n) is 7.44. The molecule has 0 atom stereocenters. The number of likely N-dealkylation sites (tertiary alicyclic amines) is 1. The third-order valence-electron chi connectivity index (χ3n) is 3.56. The Labute approximate surface area is 152 Å². The zero-order valence-corrected chi connectivity index (χ0v) is 15.4. The summed E-state index contributed by atoms with van der Waals surface area (Å²) < 4.78 is 54.8. The lowest BCUT2D eigenvalue weighted by molar-refractivity contribution is -0.137. The molecule has 4 nitrogen and oxygen atoms in total. The molecule has 1 fully saturated rings. The van der Waals surface area contributed by atoms with Crippen molar-refractivity contribution in [3.05, 3.63) is 34.3 Å². The molecule has 9 heteroatoms. The van der Waals surface area contributed by atoms with E-state index in [9.17, 15) is 22.2 Å². The summed E-state index contributed by atoms with van der Waals surface area (Å²) >= 11 is 6.13. The van der Waals surface area contributed by atoms with E-state index in [1.54, 1.807) is 20.8 Å². The molecule has 1 aromatic carbocycles. The van der Waals surface area contributed by atoms with Gasteiger partial charge in [-0.1, -0.05) is 17.7 Å². The van der Waals surface area contributed by atoms with Gasteiger partial charge in [-0.25, -0.2) is 9.00 Å². The molecule has 1 amide bonds. The molecule has 0 bridgehead atoms. The van der Waals surface area contributed by atoms with E-state index < -0.39 is 23.4 Å². The van der Waals surface area contributed by atoms with Gasteiger partial charge in [-0.05, 0) is 32.9 Å². The molecule has 0 unspecified atom stereocenters. The number of nitrogens with zero attached hydrogens (tertiary/aromatic N) is 1. The lowest BCUT2D eigenvalue weighted by Gasteiger charge is -2.40. The van der Waals surface area contributed by atoms with E-state index in [0.717, 1.165) is 12.1 Å². The van der Waals surface area contributed by atoms with Crippen LogP contribution in [0.1, 0.15) is 31.9 Å². The van der Waals surface area contributed by atoms with E-state index >= 15 is 0 Å². The van der Waals surface area contributed by atoms with Crippen molar-refractivity contribution in [3.63, 3.8) is 0 Å². The van der Waals surface area contributed by atoms with Crippen molar-refractivity contribution in [2.24, 2.45) is 5.92 Å². The van der Waals surface area contributed by atoms with E-state index in [-0.39, 0.29) is 40.8 Å². The third kappa shape index (κ3) is 4.76. The summed E-state index contributed by atoms with van der Waals surface area (Å²) in [7, 11) is 0. The normalized spacial score (nSPS) is 15.6. The molecule has 1 aromatic rings. The second kappa shape index (κ2) is 6.99. The summed E-state index contributed by atoms with van der Waals surface area (Å²) in [5.74, 6) is -0.274. The van der Waals surface area contributed by atoms with Crippen molar-refractivity contribution < 1.29 is 26.9 Å². The minimum atomic E-state index is -4.50. The number of benzene rings is 1. The molecule has 138 valence electrons. The number of hydrogen-bond acceptors (Lipinski definition) is 3. The quantitative estimate of drug-likeness (QED) is 0.562. The van der Waals surface area contributed by atoms with Gasteiger partial charge >= 0.3 is 12.3 Å². The number of hydrogen-bond donors (Lipinski definition) is 0. The van der Waals surface area contributed by atoms with Crippen molar-refractivity contribution in [2.45, 2.75) is 32.5 Å². The van der Waals surface area contributed by atoms with Gasteiger partial charge in [0.05, 0.1) is 21.7 Å². The van der Waals surface area contributed by atoms with Gasteiger partial charge < -0.3 is 9.64 Å². The molecule has 0 aliphatic carbocycles. The second-order valence-electron chi connectivity index (χ2n) is 6.72. The van der Waals surface area contributed by atoms with Crippen molar-refractivity contribution in [2.75, 3.05) is 13.1 Å². The first-order chi connectivity index (χ1) is 11.4. The number of amides is 1. The van der Waals surface area contributed by atoms with E-state index in [0.29, 0.717) is 4.86 Å². The highest BCUT2D eigenvalue weighted by Crippen LogP contribution is 2.33. The standard InChI is InChI=1S/C16H17ClF3NO3S/c1-15(2,3)24-14(22)21-7-9(8-21)13(25-23)11-5-4-10(6-12(11)17)16(18,19)20/h4-6,9H,7-8H2,1-3H3. The monoisotopic (exact) mass is 395 g/mol. The fraction of sp³-hybridized carbons (Fsp3) is 0.500. The lowest BCUT2D eigenvalue weighted by Crippen LogP contribution is -2.54. The van der Waals surface area contributed by atoms with E-state index in [2.05, 4.69) is 0 Å². The Bertz CT molecular complexity index is 733. The van der Waals surface area contributed by atoms with E-state index in [1.165, 1.54) is 11.0 Å².